The van der Waals surface area contributed by atoms with Crippen LogP contribution in [0.15, 0.2) is 60.8 Å². The predicted molar refractivity (Wildman–Crippen MR) is 154 cm³/mol. The SMILES string of the molecule is CCOc1cc(C)ccc1C1CCN(CCCCNC(=O)c2ccc(-c3ccc(Cl)cn3)cc2)CC1.Cl. The summed E-state index contributed by atoms with van der Waals surface area (Å²) in [5.74, 6) is 1.60. The lowest BCUT2D eigenvalue weighted by atomic mass is 9.88. The zero-order valence-electron chi connectivity index (χ0n) is 21.7. The van der Waals surface area contributed by atoms with Crippen molar-refractivity contribution in [2.75, 3.05) is 32.8 Å². The van der Waals surface area contributed by atoms with Gasteiger partial charge in [-0.3, -0.25) is 9.78 Å². The number of carbonyl (C=O) groups is 1. The normalized spacial score (nSPS) is 14.1. The lowest BCUT2D eigenvalue weighted by molar-refractivity contribution is 0.0952. The van der Waals surface area contributed by atoms with Gasteiger partial charge in [0, 0.05) is 23.9 Å². The summed E-state index contributed by atoms with van der Waals surface area (Å²) in [4.78, 5) is 19.4. The van der Waals surface area contributed by atoms with E-state index in [0.717, 1.165) is 49.5 Å². The van der Waals surface area contributed by atoms with Gasteiger partial charge < -0.3 is 15.0 Å². The number of ether oxygens (including phenoxy) is 1. The Morgan fingerprint density at radius 3 is 2.51 bits per heavy atom. The Morgan fingerprint density at radius 1 is 1.08 bits per heavy atom. The predicted octanol–water partition coefficient (Wildman–Crippen LogP) is 6.92. The van der Waals surface area contributed by atoms with Crippen LogP contribution in [0.3, 0.4) is 0 Å². The topological polar surface area (TPSA) is 54.5 Å². The molecule has 2 aromatic carbocycles. The molecule has 0 radical (unpaired) electrons. The number of benzene rings is 2. The number of aromatic nitrogens is 1. The molecule has 1 aromatic heterocycles. The molecule has 1 amide bonds. The number of pyridine rings is 1. The first-order chi connectivity index (χ1) is 17.5. The number of halogens is 2. The molecule has 198 valence electrons. The van der Waals surface area contributed by atoms with Gasteiger partial charge in [-0.05, 0) is 107 Å². The smallest absolute Gasteiger partial charge is 0.251 e. The summed E-state index contributed by atoms with van der Waals surface area (Å²) in [5.41, 5.74) is 5.08. The highest BCUT2D eigenvalue weighted by Gasteiger charge is 2.23. The first-order valence-corrected chi connectivity index (χ1v) is 13.4. The van der Waals surface area contributed by atoms with Crippen LogP contribution in [-0.4, -0.2) is 48.6 Å². The molecule has 1 N–H and O–H groups in total. The lowest BCUT2D eigenvalue weighted by Crippen LogP contribution is -2.34. The Hall–Kier alpha value is -2.60. The maximum absolute atomic E-state index is 12.5. The summed E-state index contributed by atoms with van der Waals surface area (Å²) in [5, 5.41) is 3.66. The Balaban J connectivity index is 0.00000380. The number of aryl methyl sites for hydroxylation is 1. The number of hydrogen-bond donors (Lipinski definition) is 1. The van der Waals surface area contributed by atoms with Gasteiger partial charge in [0.15, 0.2) is 0 Å². The summed E-state index contributed by atoms with van der Waals surface area (Å²) in [6.45, 7) is 8.88. The average molecular weight is 543 g/mol. The van der Waals surface area contributed by atoms with E-state index in [1.54, 1.807) is 6.20 Å². The molecule has 0 aliphatic carbocycles. The van der Waals surface area contributed by atoms with Crippen molar-refractivity contribution in [3.63, 3.8) is 0 Å². The first kappa shape index (κ1) is 29.0. The van der Waals surface area contributed by atoms with Gasteiger partial charge in [0.1, 0.15) is 5.75 Å². The third-order valence-corrected chi connectivity index (χ3v) is 7.08. The highest BCUT2D eigenvalue weighted by atomic mass is 35.5. The number of amides is 1. The van der Waals surface area contributed by atoms with Gasteiger partial charge in [-0.15, -0.1) is 12.4 Å². The molecule has 1 saturated heterocycles. The van der Waals surface area contributed by atoms with Crippen molar-refractivity contribution >= 4 is 29.9 Å². The lowest BCUT2D eigenvalue weighted by Gasteiger charge is -2.33. The maximum Gasteiger partial charge on any atom is 0.251 e. The number of hydrogen-bond acceptors (Lipinski definition) is 4. The molecule has 37 heavy (non-hydrogen) atoms. The molecule has 5 nitrogen and oxygen atoms in total. The molecule has 0 atom stereocenters. The van der Waals surface area contributed by atoms with Crippen LogP contribution in [0, 0.1) is 6.92 Å². The van der Waals surface area contributed by atoms with Crippen molar-refractivity contribution in [1.29, 1.82) is 0 Å². The first-order valence-electron chi connectivity index (χ1n) is 13.0. The zero-order chi connectivity index (χ0) is 25.3. The molecule has 3 aromatic rings. The average Bonchev–Trinajstić information content (AvgIpc) is 2.90. The van der Waals surface area contributed by atoms with E-state index in [-0.39, 0.29) is 18.3 Å². The fraction of sp³-hybridized carbons (Fsp3) is 0.400. The molecule has 0 bridgehead atoms. The van der Waals surface area contributed by atoms with E-state index in [1.165, 1.54) is 24.0 Å². The number of carbonyl (C=O) groups excluding carboxylic acids is 1. The monoisotopic (exact) mass is 541 g/mol. The van der Waals surface area contributed by atoms with Gasteiger partial charge >= 0.3 is 0 Å². The van der Waals surface area contributed by atoms with E-state index in [9.17, 15) is 4.79 Å². The summed E-state index contributed by atoms with van der Waals surface area (Å²) < 4.78 is 5.92. The molecule has 0 saturated carbocycles. The van der Waals surface area contributed by atoms with Crippen LogP contribution in [0.4, 0.5) is 0 Å². The number of nitrogens with zero attached hydrogens (tertiary/aromatic N) is 2. The fourth-order valence-electron chi connectivity index (χ4n) is 4.83. The summed E-state index contributed by atoms with van der Waals surface area (Å²) in [6, 6.07) is 17.8. The third-order valence-electron chi connectivity index (χ3n) is 6.85. The van der Waals surface area contributed by atoms with Gasteiger partial charge in [-0.2, -0.15) is 0 Å². The van der Waals surface area contributed by atoms with Gasteiger partial charge in [-0.25, -0.2) is 0 Å². The Bertz CT molecular complexity index is 1130. The largest absolute Gasteiger partial charge is 0.494 e. The highest BCUT2D eigenvalue weighted by molar-refractivity contribution is 6.30. The number of unbranched alkanes of at least 4 members (excludes halogenated alkanes) is 1. The van der Waals surface area contributed by atoms with Crippen molar-refractivity contribution < 1.29 is 9.53 Å². The molecular weight excluding hydrogens is 505 g/mol. The molecule has 1 aliphatic heterocycles. The van der Waals surface area contributed by atoms with E-state index in [0.29, 0.717) is 29.7 Å². The number of rotatable bonds is 10. The third kappa shape index (κ3) is 8.19. The molecule has 1 aliphatic rings. The minimum Gasteiger partial charge on any atom is -0.494 e. The Morgan fingerprint density at radius 2 is 1.84 bits per heavy atom. The quantitative estimate of drug-likeness (QED) is 0.283. The van der Waals surface area contributed by atoms with E-state index >= 15 is 0 Å². The molecule has 2 heterocycles. The van der Waals surface area contributed by atoms with Gasteiger partial charge in [0.25, 0.3) is 5.91 Å². The minimum absolute atomic E-state index is 0. The molecular formula is C30H37Cl2N3O2. The second kappa shape index (κ2) is 14.4. The molecule has 0 spiro atoms. The van der Waals surface area contributed by atoms with Crippen LogP contribution < -0.4 is 10.1 Å². The minimum atomic E-state index is -0.0328. The van der Waals surface area contributed by atoms with E-state index < -0.39 is 0 Å². The van der Waals surface area contributed by atoms with Crippen molar-refractivity contribution in [3.8, 4) is 17.0 Å². The standard InChI is InChI=1S/C30H36ClN3O2.ClH/c1-3-36-29-20-22(2)6-12-27(29)23-14-18-34(19-15-23)17-5-4-16-32-30(35)25-9-7-24(8-10-25)28-13-11-26(31)21-33-28;/h6-13,20-21,23H,3-5,14-19H2,1-2H3,(H,32,35);1H. The van der Waals surface area contributed by atoms with Crippen molar-refractivity contribution in [2.24, 2.45) is 0 Å². The number of likely N-dealkylation sites (tertiary alicyclic amines) is 1. The Labute approximate surface area is 232 Å². The Kier molecular flexibility index (Phi) is 11.2. The summed E-state index contributed by atoms with van der Waals surface area (Å²) >= 11 is 5.91. The molecule has 1 fully saturated rings. The molecule has 0 unspecified atom stereocenters. The number of piperidine rings is 1. The van der Waals surface area contributed by atoms with Crippen LogP contribution >= 0.6 is 24.0 Å². The second-order valence-electron chi connectivity index (χ2n) is 9.49. The van der Waals surface area contributed by atoms with Crippen LogP contribution in [0.25, 0.3) is 11.3 Å². The van der Waals surface area contributed by atoms with Gasteiger partial charge in [0.2, 0.25) is 0 Å². The van der Waals surface area contributed by atoms with Crippen LogP contribution in [0.1, 0.15) is 60.0 Å². The van der Waals surface area contributed by atoms with E-state index in [2.05, 4.69) is 40.3 Å². The zero-order valence-corrected chi connectivity index (χ0v) is 23.3. The maximum atomic E-state index is 12.5. The van der Waals surface area contributed by atoms with Crippen LogP contribution in [0.2, 0.25) is 5.02 Å². The van der Waals surface area contributed by atoms with Crippen molar-refractivity contribution in [1.82, 2.24) is 15.2 Å². The molecule has 4 rings (SSSR count). The fourth-order valence-corrected chi connectivity index (χ4v) is 4.94. The van der Waals surface area contributed by atoms with Crippen LogP contribution in [-0.2, 0) is 0 Å². The van der Waals surface area contributed by atoms with E-state index in [1.807, 2.05) is 43.3 Å². The van der Waals surface area contributed by atoms with Gasteiger partial charge in [0.05, 0.1) is 17.3 Å². The van der Waals surface area contributed by atoms with Crippen molar-refractivity contribution in [2.45, 2.75) is 45.4 Å². The summed E-state index contributed by atoms with van der Waals surface area (Å²) in [6.07, 6.45) is 6.02. The van der Waals surface area contributed by atoms with Crippen LogP contribution in [0.5, 0.6) is 5.75 Å². The molecule has 7 heteroatoms. The summed E-state index contributed by atoms with van der Waals surface area (Å²) in [7, 11) is 0. The van der Waals surface area contributed by atoms with E-state index in [4.69, 9.17) is 16.3 Å². The highest BCUT2D eigenvalue weighted by Crippen LogP contribution is 2.35. The second-order valence-corrected chi connectivity index (χ2v) is 9.93. The van der Waals surface area contributed by atoms with Gasteiger partial charge in [-0.1, -0.05) is 35.9 Å². The van der Waals surface area contributed by atoms with Crippen molar-refractivity contribution in [3.05, 3.63) is 82.5 Å². The number of nitrogens with one attached hydrogen (secondary N) is 1.